The third-order valence-corrected chi connectivity index (χ3v) is 3.07. The maximum absolute atomic E-state index is 13.0. The highest BCUT2D eigenvalue weighted by atomic mass is 35.5. The molecule has 0 saturated carbocycles. The minimum Gasteiger partial charge on any atom is -0.232 e. The number of halogens is 2. The van der Waals surface area contributed by atoms with Crippen LogP contribution in [0.5, 0.6) is 0 Å². The summed E-state index contributed by atoms with van der Waals surface area (Å²) in [5.41, 5.74) is 2.84. The second kappa shape index (κ2) is 5.35. The van der Waals surface area contributed by atoms with Crippen LogP contribution in [0.4, 0.5) is 4.39 Å². The van der Waals surface area contributed by atoms with Gasteiger partial charge >= 0.3 is 0 Å². The van der Waals surface area contributed by atoms with E-state index >= 15 is 0 Å². The Morgan fingerprint density at radius 2 is 1.70 bits per heavy atom. The van der Waals surface area contributed by atoms with E-state index < -0.39 is 0 Å². The lowest BCUT2D eigenvalue weighted by atomic mass is 10.0. The summed E-state index contributed by atoms with van der Waals surface area (Å²) < 4.78 is 13.0. The number of hydrogen-bond donors (Lipinski definition) is 0. The molecule has 0 amide bonds. The molecule has 0 spiro atoms. The molecule has 0 aliphatic rings. The third-order valence-electron chi connectivity index (χ3n) is 2.84. The van der Waals surface area contributed by atoms with Gasteiger partial charge < -0.3 is 0 Å². The van der Waals surface area contributed by atoms with Crippen molar-refractivity contribution in [2.75, 3.05) is 0 Å². The van der Waals surface area contributed by atoms with Gasteiger partial charge in [-0.2, -0.15) is 0 Å². The van der Waals surface area contributed by atoms with Gasteiger partial charge in [-0.25, -0.2) is 9.37 Å². The van der Waals surface area contributed by atoms with E-state index in [1.54, 1.807) is 24.3 Å². The predicted octanol–water partition coefficient (Wildman–Crippen LogP) is 4.00. The van der Waals surface area contributed by atoms with Crippen molar-refractivity contribution in [1.82, 2.24) is 15.2 Å². The maximum Gasteiger partial charge on any atom is 0.138 e. The van der Waals surface area contributed by atoms with Crippen LogP contribution in [0.1, 0.15) is 0 Å². The lowest BCUT2D eigenvalue weighted by molar-refractivity contribution is 0.628. The summed E-state index contributed by atoms with van der Waals surface area (Å²) in [6.07, 6.45) is 1.37. The highest BCUT2D eigenvalue weighted by Gasteiger charge is 2.11. The molecule has 0 fully saturated rings. The Morgan fingerprint density at radius 3 is 2.45 bits per heavy atom. The first kappa shape index (κ1) is 12.7. The van der Waals surface area contributed by atoms with E-state index in [2.05, 4.69) is 15.2 Å². The molecule has 1 heterocycles. The highest BCUT2D eigenvalue weighted by molar-refractivity contribution is 6.30. The molecule has 0 unspecified atom stereocenters. The van der Waals surface area contributed by atoms with Gasteiger partial charge in [0.15, 0.2) is 0 Å². The minimum absolute atomic E-state index is 0.292. The Labute approximate surface area is 120 Å². The van der Waals surface area contributed by atoms with Crippen molar-refractivity contribution in [3.8, 4) is 22.5 Å². The number of hydrogen-bond acceptors (Lipinski definition) is 3. The van der Waals surface area contributed by atoms with Gasteiger partial charge in [-0.15, -0.1) is 10.2 Å². The zero-order valence-electron chi connectivity index (χ0n) is 10.3. The second-order valence-electron chi connectivity index (χ2n) is 4.17. The SMILES string of the molecule is Fc1ccc(-c2ncnnc2-c2cccc(Cl)c2)cc1. The molecule has 98 valence electrons. The van der Waals surface area contributed by atoms with Crippen molar-refractivity contribution >= 4 is 11.6 Å². The molecule has 3 rings (SSSR count). The zero-order valence-corrected chi connectivity index (χ0v) is 11.0. The lowest BCUT2D eigenvalue weighted by Crippen LogP contribution is -1.95. The van der Waals surface area contributed by atoms with Crippen LogP contribution in [0.2, 0.25) is 5.02 Å². The molecule has 5 heteroatoms. The van der Waals surface area contributed by atoms with Crippen LogP contribution in [0.15, 0.2) is 54.9 Å². The molecule has 0 N–H and O–H groups in total. The van der Waals surface area contributed by atoms with Crippen molar-refractivity contribution in [3.63, 3.8) is 0 Å². The van der Waals surface area contributed by atoms with Crippen molar-refractivity contribution in [1.29, 1.82) is 0 Å². The first-order valence-electron chi connectivity index (χ1n) is 5.93. The zero-order chi connectivity index (χ0) is 13.9. The average molecular weight is 286 g/mol. The van der Waals surface area contributed by atoms with E-state index in [-0.39, 0.29) is 5.82 Å². The molecule has 0 saturated heterocycles. The molecule has 20 heavy (non-hydrogen) atoms. The number of nitrogens with zero attached hydrogens (tertiary/aromatic N) is 3. The summed E-state index contributed by atoms with van der Waals surface area (Å²) in [5.74, 6) is -0.292. The van der Waals surface area contributed by atoms with E-state index in [1.807, 2.05) is 12.1 Å². The van der Waals surface area contributed by atoms with Crippen LogP contribution in [0.25, 0.3) is 22.5 Å². The van der Waals surface area contributed by atoms with E-state index in [0.717, 1.165) is 11.1 Å². The molecule has 2 aromatic carbocycles. The maximum atomic E-state index is 13.0. The monoisotopic (exact) mass is 285 g/mol. The Bertz CT molecular complexity index is 744. The van der Waals surface area contributed by atoms with Gasteiger partial charge in [-0.05, 0) is 36.4 Å². The molecule has 1 aromatic heterocycles. The van der Waals surface area contributed by atoms with Gasteiger partial charge in [0.1, 0.15) is 23.5 Å². The van der Waals surface area contributed by atoms with Gasteiger partial charge in [0, 0.05) is 16.1 Å². The topological polar surface area (TPSA) is 38.7 Å². The van der Waals surface area contributed by atoms with Crippen LogP contribution in [-0.4, -0.2) is 15.2 Å². The summed E-state index contributed by atoms with van der Waals surface area (Å²) in [6, 6.07) is 13.4. The Hall–Kier alpha value is -2.33. The molecule has 0 aliphatic heterocycles. The molecular formula is C15H9ClFN3. The van der Waals surface area contributed by atoms with E-state index in [9.17, 15) is 4.39 Å². The van der Waals surface area contributed by atoms with Gasteiger partial charge in [-0.3, -0.25) is 0 Å². The van der Waals surface area contributed by atoms with Crippen LogP contribution in [-0.2, 0) is 0 Å². The number of aromatic nitrogens is 3. The van der Waals surface area contributed by atoms with E-state index in [1.165, 1.54) is 18.5 Å². The molecule has 0 atom stereocenters. The molecule has 0 bridgehead atoms. The Morgan fingerprint density at radius 1 is 0.900 bits per heavy atom. The lowest BCUT2D eigenvalue weighted by Gasteiger charge is -2.07. The van der Waals surface area contributed by atoms with Crippen LogP contribution in [0, 0.1) is 5.82 Å². The summed E-state index contributed by atoms with van der Waals surface area (Å²) in [5, 5.41) is 8.55. The number of rotatable bonds is 2. The molecular weight excluding hydrogens is 277 g/mol. The van der Waals surface area contributed by atoms with Crippen molar-refractivity contribution in [2.45, 2.75) is 0 Å². The van der Waals surface area contributed by atoms with Crippen molar-refractivity contribution in [2.24, 2.45) is 0 Å². The fraction of sp³-hybridized carbons (Fsp3) is 0. The normalized spacial score (nSPS) is 10.5. The van der Waals surface area contributed by atoms with Gasteiger partial charge in [0.25, 0.3) is 0 Å². The Balaban J connectivity index is 2.16. The first-order valence-corrected chi connectivity index (χ1v) is 6.31. The predicted molar refractivity (Wildman–Crippen MR) is 75.7 cm³/mol. The quantitative estimate of drug-likeness (QED) is 0.714. The van der Waals surface area contributed by atoms with E-state index in [4.69, 9.17) is 11.6 Å². The molecule has 3 aromatic rings. The number of benzene rings is 2. The summed E-state index contributed by atoms with van der Waals surface area (Å²) >= 11 is 6.00. The standard InChI is InChI=1S/C15H9ClFN3/c16-12-3-1-2-11(8-12)15-14(18-9-19-20-15)10-4-6-13(17)7-5-10/h1-9H. The van der Waals surface area contributed by atoms with Crippen molar-refractivity contribution in [3.05, 3.63) is 65.7 Å². The molecule has 0 aliphatic carbocycles. The fourth-order valence-electron chi connectivity index (χ4n) is 1.92. The summed E-state index contributed by atoms with van der Waals surface area (Å²) in [4.78, 5) is 4.25. The molecule has 0 radical (unpaired) electrons. The van der Waals surface area contributed by atoms with Gasteiger partial charge in [0.2, 0.25) is 0 Å². The van der Waals surface area contributed by atoms with Crippen molar-refractivity contribution < 1.29 is 4.39 Å². The van der Waals surface area contributed by atoms with E-state index in [0.29, 0.717) is 16.4 Å². The highest BCUT2D eigenvalue weighted by Crippen LogP contribution is 2.29. The van der Waals surface area contributed by atoms with Crippen LogP contribution < -0.4 is 0 Å². The summed E-state index contributed by atoms with van der Waals surface area (Å²) in [7, 11) is 0. The minimum atomic E-state index is -0.292. The Kier molecular flexibility index (Phi) is 3.39. The van der Waals surface area contributed by atoms with Gasteiger partial charge in [0.05, 0.1) is 0 Å². The average Bonchev–Trinajstić information content (AvgIpc) is 2.48. The second-order valence-corrected chi connectivity index (χ2v) is 4.61. The van der Waals surface area contributed by atoms with Gasteiger partial charge in [-0.1, -0.05) is 23.7 Å². The first-order chi connectivity index (χ1) is 9.74. The van der Waals surface area contributed by atoms with Crippen LogP contribution >= 0.6 is 11.6 Å². The smallest absolute Gasteiger partial charge is 0.138 e. The van der Waals surface area contributed by atoms with Crippen LogP contribution in [0.3, 0.4) is 0 Å². The fourth-order valence-corrected chi connectivity index (χ4v) is 2.12. The summed E-state index contributed by atoms with van der Waals surface area (Å²) in [6.45, 7) is 0. The largest absolute Gasteiger partial charge is 0.232 e. The third kappa shape index (κ3) is 2.51. The molecule has 3 nitrogen and oxygen atoms in total.